The maximum absolute atomic E-state index is 13.2. The van der Waals surface area contributed by atoms with Gasteiger partial charge in [0.05, 0.1) is 6.61 Å². The van der Waals surface area contributed by atoms with Crippen LogP contribution in [0.3, 0.4) is 0 Å². The van der Waals surface area contributed by atoms with Gasteiger partial charge in [0, 0.05) is 0 Å². The van der Waals surface area contributed by atoms with Crippen molar-refractivity contribution < 1.29 is 32.3 Å². The van der Waals surface area contributed by atoms with E-state index >= 15 is 0 Å². The lowest BCUT2D eigenvalue weighted by Crippen LogP contribution is -2.72. The molecule has 2 aromatic rings. The number of hydrogen-bond acceptors (Lipinski definition) is 7. The van der Waals surface area contributed by atoms with Crippen LogP contribution in [0.25, 0.3) is 0 Å². The van der Waals surface area contributed by atoms with Crippen LogP contribution in [0.4, 0.5) is 0 Å². The Balaban J connectivity index is 1.40. The minimum atomic E-state index is -3.99. The Morgan fingerprint density at radius 3 is 2.12 bits per heavy atom. The Morgan fingerprint density at radius 2 is 1.53 bits per heavy atom. The number of nitrogens with one attached hydrogen (secondary N) is 1. The molecule has 4 rings (SSSR count). The van der Waals surface area contributed by atoms with Gasteiger partial charge in [-0.15, -0.1) is 0 Å². The van der Waals surface area contributed by atoms with E-state index in [1.54, 1.807) is 24.3 Å². The third-order valence-electron chi connectivity index (χ3n) is 6.18. The predicted octanol–water partition coefficient (Wildman–Crippen LogP) is 1.18. The van der Waals surface area contributed by atoms with Crippen molar-refractivity contribution in [3.8, 4) is 0 Å². The number of fused-ring (bicyclic) bond motifs is 1. The van der Waals surface area contributed by atoms with E-state index in [1.165, 1.54) is 13.8 Å². The van der Waals surface area contributed by atoms with Gasteiger partial charge >= 0.3 is 5.97 Å². The monoisotopic (exact) mass is 486 g/mol. The number of esters is 1. The standard InChI is InChI=1S/C24H26N2O7S/c1-24(2)20(23(29)33-14-17-11-7-4-8-12-17)26-21(28)19(22(26)34(24,30)31)25-18(27)15-32-13-16-9-5-3-6-10-16/h3-12,19-20,22H,13-15H2,1-2H3,(H,25,27)/t19-,20+,22-/m1/s1. The van der Waals surface area contributed by atoms with Gasteiger partial charge in [-0.3, -0.25) is 9.59 Å². The first-order valence-corrected chi connectivity index (χ1v) is 12.4. The minimum absolute atomic E-state index is 0.0437. The molecule has 9 nitrogen and oxygen atoms in total. The molecule has 34 heavy (non-hydrogen) atoms. The van der Waals surface area contributed by atoms with Gasteiger partial charge in [0.1, 0.15) is 30.0 Å². The lowest BCUT2D eigenvalue weighted by Gasteiger charge is -2.42. The number of nitrogens with zero attached hydrogens (tertiary/aromatic N) is 1. The van der Waals surface area contributed by atoms with Crippen LogP contribution >= 0.6 is 0 Å². The molecule has 0 aliphatic carbocycles. The van der Waals surface area contributed by atoms with Gasteiger partial charge in [0.25, 0.3) is 0 Å². The summed E-state index contributed by atoms with van der Waals surface area (Å²) < 4.78 is 35.6. The second kappa shape index (κ2) is 9.19. The molecule has 180 valence electrons. The van der Waals surface area contributed by atoms with Crippen molar-refractivity contribution >= 4 is 27.6 Å². The van der Waals surface area contributed by atoms with Gasteiger partial charge in [-0.25, -0.2) is 13.2 Å². The van der Waals surface area contributed by atoms with Gasteiger partial charge in [-0.05, 0) is 25.0 Å². The van der Waals surface area contributed by atoms with Crippen LogP contribution in [-0.4, -0.2) is 59.9 Å². The molecule has 0 unspecified atom stereocenters. The number of benzene rings is 2. The average Bonchev–Trinajstić information content (AvgIpc) is 2.96. The first kappa shape index (κ1) is 23.9. The van der Waals surface area contributed by atoms with Gasteiger partial charge < -0.3 is 19.7 Å². The van der Waals surface area contributed by atoms with Crippen LogP contribution < -0.4 is 5.32 Å². The quantitative estimate of drug-likeness (QED) is 0.440. The molecule has 0 saturated carbocycles. The van der Waals surface area contributed by atoms with Crippen LogP contribution in [0, 0.1) is 0 Å². The van der Waals surface area contributed by atoms with Crippen LogP contribution in [0.15, 0.2) is 60.7 Å². The zero-order valence-corrected chi connectivity index (χ0v) is 19.7. The van der Waals surface area contributed by atoms with Crippen molar-refractivity contribution in [2.75, 3.05) is 6.61 Å². The van der Waals surface area contributed by atoms with E-state index in [4.69, 9.17) is 9.47 Å². The van der Waals surface area contributed by atoms with Crippen molar-refractivity contribution in [3.63, 3.8) is 0 Å². The molecule has 10 heteroatoms. The van der Waals surface area contributed by atoms with E-state index in [-0.39, 0.29) is 19.8 Å². The summed E-state index contributed by atoms with van der Waals surface area (Å²) >= 11 is 0. The molecule has 2 aliphatic heterocycles. The summed E-state index contributed by atoms with van der Waals surface area (Å²) in [4.78, 5) is 39.0. The van der Waals surface area contributed by atoms with E-state index in [9.17, 15) is 22.8 Å². The molecule has 2 heterocycles. The number of hydrogen-bond donors (Lipinski definition) is 1. The molecule has 2 aliphatic rings. The summed E-state index contributed by atoms with van der Waals surface area (Å²) in [5.41, 5.74) is 1.61. The van der Waals surface area contributed by atoms with Crippen molar-refractivity contribution in [3.05, 3.63) is 71.8 Å². The molecule has 2 saturated heterocycles. The van der Waals surface area contributed by atoms with Crippen molar-refractivity contribution in [2.24, 2.45) is 0 Å². The first-order chi connectivity index (χ1) is 16.1. The van der Waals surface area contributed by atoms with Gasteiger partial charge in [-0.1, -0.05) is 60.7 Å². The van der Waals surface area contributed by atoms with E-state index in [0.29, 0.717) is 0 Å². The molecule has 2 aromatic carbocycles. The molecule has 0 aromatic heterocycles. The molecule has 1 N–H and O–H groups in total. The predicted molar refractivity (Wildman–Crippen MR) is 122 cm³/mol. The fraction of sp³-hybridized carbons (Fsp3) is 0.375. The summed E-state index contributed by atoms with van der Waals surface area (Å²) in [7, 11) is -3.99. The largest absolute Gasteiger partial charge is 0.459 e. The highest BCUT2D eigenvalue weighted by molar-refractivity contribution is 7.94. The Morgan fingerprint density at radius 1 is 0.971 bits per heavy atom. The van der Waals surface area contributed by atoms with E-state index in [2.05, 4.69) is 5.32 Å². The lowest BCUT2D eigenvalue weighted by atomic mass is 9.96. The van der Waals surface area contributed by atoms with Gasteiger partial charge in [0.15, 0.2) is 15.2 Å². The van der Waals surface area contributed by atoms with Crippen LogP contribution in [0.2, 0.25) is 0 Å². The molecule has 0 spiro atoms. The minimum Gasteiger partial charge on any atom is -0.459 e. The second-order valence-electron chi connectivity index (χ2n) is 8.80. The molecule has 2 fully saturated rings. The third-order valence-corrected chi connectivity index (χ3v) is 9.00. The number of rotatable bonds is 8. The van der Waals surface area contributed by atoms with Crippen LogP contribution in [-0.2, 0) is 46.9 Å². The van der Waals surface area contributed by atoms with Crippen LogP contribution in [0.1, 0.15) is 25.0 Å². The molecule has 2 amide bonds. The molecule has 3 atom stereocenters. The Bertz CT molecular complexity index is 1180. The van der Waals surface area contributed by atoms with E-state index in [0.717, 1.165) is 16.0 Å². The number of carbonyl (C=O) groups is 3. The molecule has 0 bridgehead atoms. The second-order valence-corrected chi connectivity index (χ2v) is 11.4. The van der Waals surface area contributed by atoms with E-state index in [1.807, 2.05) is 36.4 Å². The summed E-state index contributed by atoms with van der Waals surface area (Å²) in [6.45, 7) is 2.60. The zero-order chi connectivity index (χ0) is 24.5. The summed E-state index contributed by atoms with van der Waals surface area (Å²) in [5, 5.41) is 1.12. The Kier molecular flexibility index (Phi) is 6.46. The van der Waals surface area contributed by atoms with Gasteiger partial charge in [-0.2, -0.15) is 0 Å². The number of carbonyl (C=O) groups excluding carboxylic acids is 3. The fourth-order valence-corrected chi connectivity index (χ4v) is 6.49. The average molecular weight is 487 g/mol. The van der Waals surface area contributed by atoms with Gasteiger partial charge in [0.2, 0.25) is 11.8 Å². The zero-order valence-electron chi connectivity index (χ0n) is 18.8. The number of amides is 2. The summed E-state index contributed by atoms with van der Waals surface area (Å²) in [6.07, 6.45) is 0. The molecular weight excluding hydrogens is 460 g/mol. The maximum atomic E-state index is 13.2. The fourth-order valence-electron chi connectivity index (χ4n) is 4.28. The molecular formula is C24H26N2O7S. The number of ether oxygens (including phenoxy) is 2. The smallest absolute Gasteiger partial charge is 0.330 e. The van der Waals surface area contributed by atoms with Crippen molar-refractivity contribution in [1.29, 1.82) is 0 Å². The highest BCUT2D eigenvalue weighted by atomic mass is 32.2. The van der Waals surface area contributed by atoms with E-state index < -0.39 is 49.8 Å². The summed E-state index contributed by atoms with van der Waals surface area (Å²) in [6, 6.07) is 15.6. The Hall–Kier alpha value is -3.24. The number of sulfone groups is 1. The van der Waals surface area contributed by atoms with Crippen molar-refractivity contribution in [2.45, 2.75) is 49.3 Å². The maximum Gasteiger partial charge on any atom is 0.330 e. The first-order valence-electron chi connectivity index (χ1n) is 10.8. The summed E-state index contributed by atoms with van der Waals surface area (Å²) in [5.74, 6) is -2.06. The highest BCUT2D eigenvalue weighted by Gasteiger charge is 2.72. The topological polar surface area (TPSA) is 119 Å². The SMILES string of the molecule is CC1(C)[C@H](C(=O)OCc2ccccc2)N2C(=O)[C@@H](NC(=O)COCc3ccccc3)[C@H]2S1(=O)=O. The van der Waals surface area contributed by atoms with Crippen molar-refractivity contribution in [1.82, 2.24) is 10.2 Å². The lowest BCUT2D eigenvalue weighted by molar-refractivity contribution is -0.165. The third kappa shape index (κ3) is 4.19. The molecule has 0 radical (unpaired) electrons. The Labute approximate surface area is 198 Å². The normalized spacial score (nSPS) is 24.1. The van der Waals surface area contributed by atoms with Crippen LogP contribution in [0.5, 0.6) is 0 Å². The highest BCUT2D eigenvalue weighted by Crippen LogP contribution is 2.46. The number of β-lactam (4-membered cyclic amide) rings is 1.